The average molecular weight is 279 g/mol. The van der Waals surface area contributed by atoms with Crippen molar-refractivity contribution < 1.29 is 19.4 Å². The second-order valence-electron chi connectivity index (χ2n) is 5.74. The van der Waals surface area contributed by atoms with Gasteiger partial charge in [0.25, 0.3) is 5.91 Å². The number of ether oxygens (including phenoxy) is 1. The van der Waals surface area contributed by atoms with Gasteiger partial charge in [-0.2, -0.15) is 0 Å². The van der Waals surface area contributed by atoms with E-state index in [0.29, 0.717) is 11.3 Å². The van der Waals surface area contributed by atoms with E-state index in [0.717, 1.165) is 0 Å². The molecule has 0 aliphatic carbocycles. The third-order valence-corrected chi connectivity index (χ3v) is 3.88. The summed E-state index contributed by atoms with van der Waals surface area (Å²) in [5.41, 5.74) is -1.52. The number of methoxy groups -OCH3 is 1. The van der Waals surface area contributed by atoms with Crippen molar-refractivity contribution >= 4 is 11.9 Å². The fourth-order valence-electron chi connectivity index (χ4n) is 1.52. The molecule has 0 fully saturated rings. The summed E-state index contributed by atoms with van der Waals surface area (Å²) in [4.78, 5) is 23.5. The molecule has 0 bridgehead atoms. The Morgan fingerprint density at radius 1 is 1.10 bits per heavy atom. The fraction of sp³-hybridized carbons (Fsp3) is 0.467. The number of carbonyl (C=O) groups excluding carboxylic acids is 1. The molecule has 0 aromatic heterocycles. The van der Waals surface area contributed by atoms with E-state index in [1.807, 2.05) is 0 Å². The molecule has 0 unspecified atom stereocenters. The van der Waals surface area contributed by atoms with Crippen LogP contribution < -0.4 is 10.1 Å². The van der Waals surface area contributed by atoms with Crippen molar-refractivity contribution in [2.75, 3.05) is 7.11 Å². The Morgan fingerprint density at radius 3 is 2.00 bits per heavy atom. The van der Waals surface area contributed by atoms with Gasteiger partial charge in [-0.15, -0.1) is 0 Å². The first-order chi connectivity index (χ1) is 9.11. The Kier molecular flexibility index (Phi) is 4.43. The molecule has 0 heterocycles. The molecular weight excluding hydrogens is 258 g/mol. The molecule has 110 valence electrons. The van der Waals surface area contributed by atoms with Gasteiger partial charge in [0.05, 0.1) is 18.1 Å². The van der Waals surface area contributed by atoms with Crippen LogP contribution in [0.25, 0.3) is 0 Å². The van der Waals surface area contributed by atoms with E-state index in [2.05, 4.69) is 5.32 Å². The molecule has 1 rings (SSSR count). The molecule has 0 aliphatic heterocycles. The van der Waals surface area contributed by atoms with Gasteiger partial charge in [0.15, 0.2) is 0 Å². The second kappa shape index (κ2) is 5.53. The van der Waals surface area contributed by atoms with Crippen LogP contribution in [0.2, 0.25) is 0 Å². The lowest BCUT2D eigenvalue weighted by molar-refractivity contribution is -0.150. The van der Waals surface area contributed by atoms with Gasteiger partial charge >= 0.3 is 5.97 Å². The molecule has 0 radical (unpaired) electrons. The molecule has 0 aliphatic rings. The highest BCUT2D eigenvalue weighted by atomic mass is 16.5. The number of amides is 1. The highest BCUT2D eigenvalue weighted by molar-refractivity contribution is 5.95. The standard InChI is InChI=1S/C15H21NO4/c1-14(2,13(18)19)15(3,4)16-12(17)10-6-8-11(20-5)9-7-10/h6-9H,1-5H3,(H,16,17)(H,18,19). The van der Waals surface area contributed by atoms with Crippen LogP contribution in [0.1, 0.15) is 38.1 Å². The number of carbonyl (C=O) groups is 2. The van der Waals surface area contributed by atoms with Crippen LogP contribution in [0, 0.1) is 5.41 Å². The van der Waals surface area contributed by atoms with E-state index in [4.69, 9.17) is 4.74 Å². The van der Waals surface area contributed by atoms with Crippen LogP contribution in [0.15, 0.2) is 24.3 Å². The summed E-state index contributed by atoms with van der Waals surface area (Å²) in [6, 6.07) is 6.64. The molecule has 20 heavy (non-hydrogen) atoms. The summed E-state index contributed by atoms with van der Waals surface area (Å²) in [5, 5.41) is 12.0. The summed E-state index contributed by atoms with van der Waals surface area (Å²) in [5.74, 6) is -0.615. The first-order valence-corrected chi connectivity index (χ1v) is 6.32. The molecule has 5 nitrogen and oxygen atoms in total. The second-order valence-corrected chi connectivity index (χ2v) is 5.74. The Morgan fingerprint density at radius 2 is 1.60 bits per heavy atom. The van der Waals surface area contributed by atoms with Crippen LogP contribution in [-0.2, 0) is 4.79 Å². The number of benzene rings is 1. The number of aliphatic carboxylic acids is 1. The van der Waals surface area contributed by atoms with Crippen LogP contribution in [0.5, 0.6) is 5.75 Å². The summed E-state index contributed by atoms with van der Waals surface area (Å²) in [6.07, 6.45) is 0. The van der Waals surface area contributed by atoms with E-state index >= 15 is 0 Å². The third-order valence-electron chi connectivity index (χ3n) is 3.88. The molecule has 1 aromatic carbocycles. The molecule has 0 saturated heterocycles. The number of hydrogen-bond acceptors (Lipinski definition) is 3. The minimum Gasteiger partial charge on any atom is -0.497 e. The highest BCUT2D eigenvalue weighted by Gasteiger charge is 2.44. The van der Waals surface area contributed by atoms with Crippen LogP contribution in [0.3, 0.4) is 0 Å². The molecule has 2 N–H and O–H groups in total. The van der Waals surface area contributed by atoms with Crippen molar-refractivity contribution in [3.05, 3.63) is 29.8 Å². The normalized spacial score (nSPS) is 11.8. The monoisotopic (exact) mass is 279 g/mol. The van der Waals surface area contributed by atoms with Gasteiger partial charge in [-0.25, -0.2) is 0 Å². The van der Waals surface area contributed by atoms with Crippen molar-refractivity contribution in [1.82, 2.24) is 5.32 Å². The largest absolute Gasteiger partial charge is 0.497 e. The number of carboxylic acid groups (broad SMARTS) is 1. The summed E-state index contributed by atoms with van der Waals surface area (Å²) < 4.78 is 5.03. The number of rotatable bonds is 5. The molecular formula is C15H21NO4. The Balaban J connectivity index is 2.91. The van der Waals surface area contributed by atoms with Crippen LogP contribution in [0.4, 0.5) is 0 Å². The maximum atomic E-state index is 12.2. The van der Waals surface area contributed by atoms with Crippen molar-refractivity contribution in [2.45, 2.75) is 33.2 Å². The lowest BCUT2D eigenvalue weighted by Gasteiger charge is -2.38. The van der Waals surface area contributed by atoms with Gasteiger partial charge in [-0.05, 0) is 52.0 Å². The number of hydrogen-bond donors (Lipinski definition) is 2. The van der Waals surface area contributed by atoms with Crippen molar-refractivity contribution in [1.29, 1.82) is 0 Å². The smallest absolute Gasteiger partial charge is 0.311 e. The van der Waals surface area contributed by atoms with Gasteiger partial charge in [-0.1, -0.05) is 0 Å². The van der Waals surface area contributed by atoms with Crippen molar-refractivity contribution in [3.63, 3.8) is 0 Å². The quantitative estimate of drug-likeness (QED) is 0.867. The maximum absolute atomic E-state index is 12.2. The molecule has 0 saturated carbocycles. The molecule has 0 spiro atoms. The minimum atomic E-state index is -1.09. The number of nitrogens with one attached hydrogen (secondary N) is 1. The molecule has 0 atom stereocenters. The lowest BCUT2D eigenvalue weighted by Crippen LogP contribution is -2.56. The molecule has 1 amide bonds. The zero-order chi connectivity index (χ0) is 15.6. The minimum absolute atomic E-state index is 0.313. The summed E-state index contributed by atoms with van der Waals surface area (Å²) >= 11 is 0. The topological polar surface area (TPSA) is 75.6 Å². The number of carboxylic acids is 1. The first kappa shape index (κ1) is 16.0. The zero-order valence-electron chi connectivity index (χ0n) is 12.5. The van der Waals surface area contributed by atoms with E-state index in [-0.39, 0.29) is 5.91 Å². The summed E-state index contributed by atoms with van der Waals surface area (Å²) in [7, 11) is 1.55. The summed E-state index contributed by atoms with van der Waals surface area (Å²) in [6.45, 7) is 6.57. The predicted octanol–water partition coefficient (Wildman–Crippen LogP) is 2.31. The SMILES string of the molecule is COc1ccc(C(=O)NC(C)(C)C(C)(C)C(=O)O)cc1. The van der Waals surface area contributed by atoms with Crippen molar-refractivity contribution in [2.24, 2.45) is 5.41 Å². The average Bonchev–Trinajstić information content (AvgIpc) is 2.37. The van der Waals surface area contributed by atoms with Gasteiger partial charge in [0, 0.05) is 5.56 Å². The zero-order valence-corrected chi connectivity index (χ0v) is 12.5. The Labute approximate surface area is 118 Å². The van der Waals surface area contributed by atoms with E-state index in [1.54, 1.807) is 59.1 Å². The van der Waals surface area contributed by atoms with Crippen LogP contribution in [-0.4, -0.2) is 29.6 Å². The van der Waals surface area contributed by atoms with Gasteiger partial charge < -0.3 is 15.2 Å². The highest BCUT2D eigenvalue weighted by Crippen LogP contribution is 2.31. The predicted molar refractivity (Wildman–Crippen MR) is 76.0 cm³/mol. The van der Waals surface area contributed by atoms with Gasteiger partial charge in [-0.3, -0.25) is 9.59 Å². The van der Waals surface area contributed by atoms with Gasteiger partial charge in [0.1, 0.15) is 5.75 Å². The van der Waals surface area contributed by atoms with Crippen molar-refractivity contribution in [3.8, 4) is 5.75 Å². The fourth-order valence-corrected chi connectivity index (χ4v) is 1.52. The first-order valence-electron chi connectivity index (χ1n) is 6.32. The lowest BCUT2D eigenvalue weighted by atomic mass is 9.74. The van der Waals surface area contributed by atoms with Crippen LogP contribution >= 0.6 is 0 Å². The Bertz CT molecular complexity index is 503. The Hall–Kier alpha value is -2.04. The van der Waals surface area contributed by atoms with E-state index < -0.39 is 16.9 Å². The third kappa shape index (κ3) is 3.10. The molecule has 1 aromatic rings. The van der Waals surface area contributed by atoms with Gasteiger partial charge in [0.2, 0.25) is 0 Å². The van der Waals surface area contributed by atoms with E-state index in [1.165, 1.54) is 0 Å². The maximum Gasteiger partial charge on any atom is 0.311 e. The van der Waals surface area contributed by atoms with E-state index in [9.17, 15) is 14.7 Å². The molecule has 5 heteroatoms.